The molecule has 1 rings (SSSR count). The molecule has 0 aliphatic carbocycles. The number of aliphatic hydroxyl groups excluding tert-OH is 2. The summed E-state index contributed by atoms with van der Waals surface area (Å²) in [5, 5.41) is 20.6. The molecule has 0 saturated carbocycles. The lowest BCUT2D eigenvalue weighted by Gasteiger charge is -2.22. The summed E-state index contributed by atoms with van der Waals surface area (Å²) in [5.74, 6) is -2.40. The van der Waals surface area contributed by atoms with Crippen molar-refractivity contribution in [2.24, 2.45) is 0 Å². The van der Waals surface area contributed by atoms with Gasteiger partial charge in [-0.2, -0.15) is 0 Å². The van der Waals surface area contributed by atoms with Crippen LogP contribution in [0.4, 0.5) is 8.78 Å². The van der Waals surface area contributed by atoms with Crippen molar-refractivity contribution in [3.05, 3.63) is 56.0 Å². The number of rotatable bonds is 8. The summed E-state index contributed by atoms with van der Waals surface area (Å²) in [4.78, 5) is 0. The lowest BCUT2D eigenvalue weighted by atomic mass is 9.94. The van der Waals surface area contributed by atoms with Gasteiger partial charge in [0, 0.05) is 20.1 Å². The van der Waals surface area contributed by atoms with Crippen molar-refractivity contribution in [2.45, 2.75) is 51.7 Å². The van der Waals surface area contributed by atoms with Crippen molar-refractivity contribution in [1.29, 1.82) is 0 Å². The smallest absolute Gasteiger partial charge is 0.166 e. The van der Waals surface area contributed by atoms with Crippen LogP contribution in [0.25, 0.3) is 0 Å². The van der Waals surface area contributed by atoms with Gasteiger partial charge in [-0.1, -0.05) is 39.8 Å². The molecule has 2 unspecified atom stereocenters. The minimum absolute atomic E-state index is 0.157. The third-order valence-electron chi connectivity index (χ3n) is 3.79. The Balaban J connectivity index is 3.46. The molecule has 1 aromatic carbocycles. The average Bonchev–Trinajstić information content (AvgIpc) is 2.53. The molecule has 0 saturated heterocycles. The standard InChI is InChI=1S/C18H22Br2F2O2/c1-5-7-9(3)17(23)11-13(19)14(20)12(16(22)15(11)21)18(24)10(4)8-6-2/h17-18,23-24H,3-8H2,1-2H3. The first kappa shape index (κ1) is 21.5. The minimum Gasteiger partial charge on any atom is -0.384 e. The first-order valence-electron chi connectivity index (χ1n) is 7.76. The molecule has 0 aliphatic heterocycles. The Hall–Kier alpha value is -0.560. The quantitative estimate of drug-likeness (QED) is 0.349. The van der Waals surface area contributed by atoms with Crippen LogP contribution in [0.2, 0.25) is 0 Å². The molecule has 24 heavy (non-hydrogen) atoms. The fraction of sp³-hybridized carbons (Fsp3) is 0.444. The first-order chi connectivity index (χ1) is 11.2. The summed E-state index contributed by atoms with van der Waals surface area (Å²) in [7, 11) is 0. The molecule has 0 aromatic heterocycles. The highest BCUT2D eigenvalue weighted by atomic mass is 79.9. The van der Waals surface area contributed by atoms with E-state index < -0.39 is 23.8 Å². The van der Waals surface area contributed by atoms with Crippen LogP contribution in [-0.4, -0.2) is 10.2 Å². The molecule has 0 heterocycles. The predicted molar refractivity (Wildman–Crippen MR) is 99.8 cm³/mol. The van der Waals surface area contributed by atoms with Crippen LogP contribution in [0, 0.1) is 11.6 Å². The fourth-order valence-corrected chi connectivity index (χ4v) is 3.68. The van der Waals surface area contributed by atoms with E-state index in [1.807, 2.05) is 13.8 Å². The van der Waals surface area contributed by atoms with Gasteiger partial charge in [0.2, 0.25) is 0 Å². The lowest BCUT2D eigenvalue weighted by Crippen LogP contribution is -2.13. The highest BCUT2D eigenvalue weighted by molar-refractivity contribution is 9.13. The molecule has 0 radical (unpaired) electrons. The van der Waals surface area contributed by atoms with Crippen LogP contribution in [0.15, 0.2) is 33.2 Å². The summed E-state index contributed by atoms with van der Waals surface area (Å²) in [6, 6.07) is 0. The van der Waals surface area contributed by atoms with Crippen molar-refractivity contribution in [3.8, 4) is 0 Å². The molecule has 0 fully saturated rings. The second-order valence-corrected chi connectivity index (χ2v) is 7.29. The summed E-state index contributed by atoms with van der Waals surface area (Å²) in [6.07, 6.45) is -0.238. The molecule has 0 spiro atoms. The molecule has 2 atom stereocenters. The van der Waals surface area contributed by atoms with E-state index in [0.29, 0.717) is 24.0 Å². The van der Waals surface area contributed by atoms with E-state index in [2.05, 4.69) is 45.0 Å². The van der Waals surface area contributed by atoms with Crippen molar-refractivity contribution >= 4 is 31.9 Å². The molecule has 2 nitrogen and oxygen atoms in total. The van der Waals surface area contributed by atoms with Gasteiger partial charge in [0.25, 0.3) is 0 Å². The first-order valence-corrected chi connectivity index (χ1v) is 9.34. The monoisotopic (exact) mass is 466 g/mol. The SMILES string of the molecule is C=C(CCC)C(O)c1c(F)c(F)c(C(O)C(=C)CCC)c(Br)c1Br. The number of hydrogen-bond donors (Lipinski definition) is 2. The van der Waals surface area contributed by atoms with E-state index in [9.17, 15) is 19.0 Å². The topological polar surface area (TPSA) is 40.5 Å². The van der Waals surface area contributed by atoms with Crippen molar-refractivity contribution in [3.63, 3.8) is 0 Å². The third kappa shape index (κ3) is 4.34. The van der Waals surface area contributed by atoms with Crippen LogP contribution in [-0.2, 0) is 0 Å². The number of aliphatic hydroxyl groups is 2. The summed E-state index contributed by atoms with van der Waals surface area (Å²) in [6.45, 7) is 11.3. The summed E-state index contributed by atoms with van der Waals surface area (Å²) < 4.78 is 29.5. The fourth-order valence-electron chi connectivity index (χ4n) is 2.47. The van der Waals surface area contributed by atoms with Crippen LogP contribution >= 0.6 is 31.9 Å². The van der Waals surface area contributed by atoms with Crippen LogP contribution in [0.5, 0.6) is 0 Å². The van der Waals surface area contributed by atoms with E-state index in [1.54, 1.807) is 0 Å². The number of hydrogen-bond acceptors (Lipinski definition) is 2. The molecule has 0 bridgehead atoms. The lowest BCUT2D eigenvalue weighted by molar-refractivity contribution is 0.195. The zero-order chi connectivity index (χ0) is 18.6. The van der Waals surface area contributed by atoms with Gasteiger partial charge in [-0.15, -0.1) is 0 Å². The Morgan fingerprint density at radius 3 is 1.42 bits per heavy atom. The van der Waals surface area contributed by atoms with Crippen molar-refractivity contribution in [1.82, 2.24) is 0 Å². The van der Waals surface area contributed by atoms with E-state index >= 15 is 0 Å². The van der Waals surface area contributed by atoms with Gasteiger partial charge in [-0.3, -0.25) is 0 Å². The van der Waals surface area contributed by atoms with Crippen molar-refractivity contribution in [2.75, 3.05) is 0 Å². The molecular formula is C18H22Br2F2O2. The molecule has 134 valence electrons. The van der Waals surface area contributed by atoms with Crippen LogP contribution < -0.4 is 0 Å². The van der Waals surface area contributed by atoms with Gasteiger partial charge in [0.15, 0.2) is 11.6 Å². The predicted octanol–water partition coefficient (Wildman–Crippen LogP) is 6.27. The third-order valence-corrected chi connectivity index (χ3v) is 5.97. The molecule has 1 aromatic rings. The Labute approximate surface area is 158 Å². The highest BCUT2D eigenvalue weighted by Crippen LogP contribution is 2.43. The van der Waals surface area contributed by atoms with Gasteiger partial charge in [0.05, 0.1) is 0 Å². The zero-order valence-electron chi connectivity index (χ0n) is 13.8. The van der Waals surface area contributed by atoms with Gasteiger partial charge in [0.1, 0.15) is 12.2 Å². The Kier molecular flexibility index (Phi) is 8.26. The summed E-state index contributed by atoms with van der Waals surface area (Å²) in [5.41, 5.74) is 0.337. The van der Waals surface area contributed by atoms with E-state index in [0.717, 1.165) is 12.8 Å². The van der Waals surface area contributed by atoms with Gasteiger partial charge in [-0.05, 0) is 55.8 Å². The number of halogens is 4. The highest BCUT2D eigenvalue weighted by Gasteiger charge is 2.30. The van der Waals surface area contributed by atoms with E-state index in [4.69, 9.17) is 0 Å². The largest absolute Gasteiger partial charge is 0.384 e. The second kappa shape index (κ2) is 9.22. The van der Waals surface area contributed by atoms with Crippen molar-refractivity contribution < 1.29 is 19.0 Å². The minimum atomic E-state index is -1.34. The summed E-state index contributed by atoms with van der Waals surface area (Å²) >= 11 is 6.39. The Morgan fingerprint density at radius 1 is 0.875 bits per heavy atom. The normalized spacial score (nSPS) is 13.7. The van der Waals surface area contributed by atoms with Crippen LogP contribution in [0.1, 0.15) is 62.9 Å². The maximum absolute atomic E-state index is 14.6. The van der Waals surface area contributed by atoms with E-state index in [1.165, 1.54) is 0 Å². The maximum atomic E-state index is 14.6. The van der Waals surface area contributed by atoms with Gasteiger partial charge < -0.3 is 10.2 Å². The molecule has 0 aliphatic rings. The van der Waals surface area contributed by atoms with Crippen LogP contribution in [0.3, 0.4) is 0 Å². The average molecular weight is 468 g/mol. The number of benzene rings is 1. The maximum Gasteiger partial charge on any atom is 0.166 e. The Bertz CT molecular complexity index is 560. The second-order valence-electron chi connectivity index (χ2n) is 5.70. The zero-order valence-corrected chi connectivity index (χ0v) is 17.0. The molecule has 6 heteroatoms. The Morgan fingerprint density at radius 2 is 1.17 bits per heavy atom. The van der Waals surface area contributed by atoms with Gasteiger partial charge in [-0.25, -0.2) is 8.78 Å². The molecule has 0 amide bonds. The molecule has 2 N–H and O–H groups in total. The van der Waals surface area contributed by atoms with E-state index in [-0.39, 0.29) is 20.1 Å². The van der Waals surface area contributed by atoms with Gasteiger partial charge >= 0.3 is 0 Å². The molecular weight excluding hydrogens is 446 g/mol.